The molecule has 1 amide bonds. The Bertz CT molecular complexity index is 974. The van der Waals surface area contributed by atoms with Crippen LogP contribution in [0.5, 0.6) is 0 Å². The van der Waals surface area contributed by atoms with E-state index in [1.165, 1.54) is 40.5 Å². The molecule has 1 aliphatic rings. The molecule has 0 unspecified atom stereocenters. The van der Waals surface area contributed by atoms with E-state index < -0.39 is 0 Å². The van der Waals surface area contributed by atoms with Gasteiger partial charge in [-0.05, 0) is 35.1 Å². The molecule has 1 N–H and O–H groups in total. The summed E-state index contributed by atoms with van der Waals surface area (Å²) < 4.78 is 0. The Morgan fingerprint density at radius 1 is 1.17 bits per heavy atom. The quantitative estimate of drug-likeness (QED) is 0.548. The Kier molecular flexibility index (Phi) is 6.21. The first-order valence-corrected chi connectivity index (χ1v) is 11.2. The Morgan fingerprint density at radius 3 is 2.76 bits per heavy atom. The molecular formula is C23H28N4OS. The lowest BCUT2D eigenvalue weighted by atomic mass is 10.0. The number of aromatic nitrogens is 2. The summed E-state index contributed by atoms with van der Waals surface area (Å²) in [5.41, 5.74) is 1.33. The average molecular weight is 409 g/mol. The lowest BCUT2D eigenvalue weighted by Gasteiger charge is -2.22. The van der Waals surface area contributed by atoms with Gasteiger partial charge in [-0.2, -0.15) is 0 Å². The number of fused-ring (bicyclic) bond motifs is 1. The number of hydrogen-bond donors (Lipinski definition) is 1. The predicted octanol–water partition coefficient (Wildman–Crippen LogP) is 4.88. The zero-order chi connectivity index (χ0) is 20.2. The highest BCUT2D eigenvalue weighted by Crippen LogP contribution is 2.30. The molecule has 0 saturated heterocycles. The molecule has 1 heterocycles. The van der Waals surface area contributed by atoms with Crippen LogP contribution >= 0.6 is 11.3 Å². The molecule has 0 aliphatic heterocycles. The maximum absolute atomic E-state index is 12.5. The van der Waals surface area contributed by atoms with Gasteiger partial charge in [-0.25, -0.2) is 0 Å². The summed E-state index contributed by atoms with van der Waals surface area (Å²) in [5.74, 6) is 0.550. The zero-order valence-corrected chi connectivity index (χ0v) is 17.9. The fourth-order valence-electron chi connectivity index (χ4n) is 3.64. The lowest BCUT2D eigenvalue weighted by molar-refractivity contribution is -0.116. The Balaban J connectivity index is 1.35. The van der Waals surface area contributed by atoms with Gasteiger partial charge in [0.15, 0.2) is 0 Å². The van der Waals surface area contributed by atoms with Crippen LogP contribution in [0, 0.1) is 5.92 Å². The third-order valence-corrected chi connectivity index (χ3v) is 6.10. The van der Waals surface area contributed by atoms with Crippen molar-refractivity contribution in [3.05, 3.63) is 53.0 Å². The van der Waals surface area contributed by atoms with E-state index in [1.54, 1.807) is 0 Å². The van der Waals surface area contributed by atoms with Crippen molar-refractivity contribution < 1.29 is 4.79 Å². The number of rotatable bonds is 9. The van der Waals surface area contributed by atoms with Gasteiger partial charge < -0.3 is 5.32 Å². The van der Waals surface area contributed by atoms with Crippen LogP contribution in [-0.2, 0) is 17.8 Å². The third-order valence-electron chi connectivity index (χ3n) is 5.24. The molecule has 1 saturated carbocycles. The van der Waals surface area contributed by atoms with Crippen molar-refractivity contribution in [2.75, 3.05) is 11.9 Å². The minimum Gasteiger partial charge on any atom is -0.300 e. The van der Waals surface area contributed by atoms with Gasteiger partial charge in [-0.3, -0.25) is 9.69 Å². The van der Waals surface area contributed by atoms with E-state index in [9.17, 15) is 4.79 Å². The SMILES string of the molecule is CC(C)Cc1nnc(NC(=O)CCN(Cc2cccc3ccccc23)C2CC2)s1. The fraction of sp³-hybridized carbons (Fsp3) is 0.435. The van der Waals surface area contributed by atoms with Crippen molar-refractivity contribution in [2.24, 2.45) is 5.92 Å². The van der Waals surface area contributed by atoms with Crippen LogP contribution in [0.15, 0.2) is 42.5 Å². The number of carbonyl (C=O) groups excluding carboxylic acids is 1. The van der Waals surface area contributed by atoms with Crippen LogP contribution in [0.4, 0.5) is 5.13 Å². The first-order valence-electron chi connectivity index (χ1n) is 10.4. The Hall–Kier alpha value is -2.31. The molecule has 29 heavy (non-hydrogen) atoms. The summed E-state index contributed by atoms with van der Waals surface area (Å²) in [6, 6.07) is 15.6. The molecule has 2 aromatic carbocycles. The normalized spacial score (nSPS) is 14.1. The van der Waals surface area contributed by atoms with Crippen molar-refractivity contribution in [1.82, 2.24) is 15.1 Å². The van der Waals surface area contributed by atoms with E-state index in [2.05, 4.69) is 76.7 Å². The molecule has 6 heteroatoms. The molecular weight excluding hydrogens is 380 g/mol. The number of carbonyl (C=O) groups is 1. The molecule has 1 aliphatic carbocycles. The van der Waals surface area contributed by atoms with E-state index in [0.717, 1.165) is 24.5 Å². The van der Waals surface area contributed by atoms with E-state index in [-0.39, 0.29) is 5.91 Å². The van der Waals surface area contributed by atoms with Crippen LogP contribution in [-0.4, -0.2) is 33.6 Å². The Labute approximate surface area is 176 Å². The molecule has 1 fully saturated rings. The topological polar surface area (TPSA) is 58.1 Å². The van der Waals surface area contributed by atoms with Crippen molar-refractivity contribution in [3.8, 4) is 0 Å². The van der Waals surface area contributed by atoms with Crippen LogP contribution in [0.2, 0.25) is 0 Å². The minimum atomic E-state index is 0.0146. The molecule has 0 bridgehead atoms. The molecule has 0 radical (unpaired) electrons. The Morgan fingerprint density at radius 2 is 1.97 bits per heavy atom. The van der Waals surface area contributed by atoms with Crippen molar-refractivity contribution >= 4 is 33.1 Å². The molecule has 5 nitrogen and oxygen atoms in total. The van der Waals surface area contributed by atoms with E-state index in [0.29, 0.717) is 23.5 Å². The lowest BCUT2D eigenvalue weighted by Crippen LogP contribution is -2.29. The first-order chi connectivity index (χ1) is 14.1. The van der Waals surface area contributed by atoms with Gasteiger partial charge >= 0.3 is 0 Å². The monoisotopic (exact) mass is 408 g/mol. The van der Waals surface area contributed by atoms with Gasteiger partial charge in [0.1, 0.15) is 5.01 Å². The van der Waals surface area contributed by atoms with Gasteiger partial charge in [0, 0.05) is 32.0 Å². The summed E-state index contributed by atoms with van der Waals surface area (Å²) in [5, 5.41) is 15.4. The zero-order valence-electron chi connectivity index (χ0n) is 17.1. The average Bonchev–Trinajstić information content (AvgIpc) is 3.46. The third kappa shape index (κ3) is 5.40. The van der Waals surface area contributed by atoms with Crippen molar-refractivity contribution in [2.45, 2.75) is 52.1 Å². The predicted molar refractivity (Wildman–Crippen MR) is 119 cm³/mol. The highest BCUT2D eigenvalue weighted by atomic mass is 32.1. The summed E-state index contributed by atoms with van der Waals surface area (Å²) in [7, 11) is 0. The smallest absolute Gasteiger partial charge is 0.227 e. The minimum absolute atomic E-state index is 0.0146. The van der Waals surface area contributed by atoms with Crippen molar-refractivity contribution in [1.29, 1.82) is 0 Å². The molecule has 3 aromatic rings. The van der Waals surface area contributed by atoms with Gasteiger partial charge in [0.2, 0.25) is 11.0 Å². The number of anilines is 1. The highest BCUT2D eigenvalue weighted by molar-refractivity contribution is 7.15. The maximum atomic E-state index is 12.5. The number of benzene rings is 2. The summed E-state index contributed by atoms with van der Waals surface area (Å²) in [4.78, 5) is 14.9. The van der Waals surface area contributed by atoms with Crippen LogP contribution in [0.1, 0.15) is 43.7 Å². The van der Waals surface area contributed by atoms with E-state index >= 15 is 0 Å². The van der Waals surface area contributed by atoms with E-state index in [1.807, 2.05) is 0 Å². The standard InChI is InChI=1S/C23H28N4OS/c1-16(2)14-22-25-26-23(29-22)24-21(28)12-13-27(19-10-11-19)15-18-8-5-7-17-6-3-4-9-20(17)18/h3-9,16,19H,10-15H2,1-2H3,(H,24,26,28). The highest BCUT2D eigenvalue weighted by Gasteiger charge is 2.29. The van der Waals surface area contributed by atoms with Gasteiger partial charge in [-0.1, -0.05) is 67.6 Å². The fourth-order valence-corrected chi connectivity index (χ4v) is 4.61. The molecule has 1 aromatic heterocycles. The summed E-state index contributed by atoms with van der Waals surface area (Å²) in [6.45, 7) is 5.96. The molecule has 152 valence electrons. The van der Waals surface area contributed by atoms with Crippen LogP contribution in [0.3, 0.4) is 0 Å². The number of hydrogen-bond acceptors (Lipinski definition) is 5. The number of nitrogens with one attached hydrogen (secondary N) is 1. The largest absolute Gasteiger partial charge is 0.300 e. The van der Waals surface area contributed by atoms with Gasteiger partial charge in [-0.15, -0.1) is 10.2 Å². The molecule has 0 atom stereocenters. The number of amides is 1. The van der Waals surface area contributed by atoms with Crippen LogP contribution in [0.25, 0.3) is 10.8 Å². The van der Waals surface area contributed by atoms with Gasteiger partial charge in [0.05, 0.1) is 0 Å². The second-order valence-corrected chi connectivity index (χ2v) is 9.30. The summed E-state index contributed by atoms with van der Waals surface area (Å²) >= 11 is 1.48. The maximum Gasteiger partial charge on any atom is 0.227 e. The molecule has 4 rings (SSSR count). The second-order valence-electron chi connectivity index (χ2n) is 8.24. The van der Waals surface area contributed by atoms with E-state index in [4.69, 9.17) is 0 Å². The first kappa shape index (κ1) is 20.0. The second kappa shape index (κ2) is 9.01. The van der Waals surface area contributed by atoms with Crippen LogP contribution < -0.4 is 5.32 Å². The number of nitrogens with zero attached hydrogens (tertiary/aromatic N) is 3. The van der Waals surface area contributed by atoms with Gasteiger partial charge in [0.25, 0.3) is 0 Å². The molecule has 0 spiro atoms. The summed E-state index contributed by atoms with van der Waals surface area (Å²) in [6.07, 6.45) is 3.82. The van der Waals surface area contributed by atoms with Crippen molar-refractivity contribution in [3.63, 3.8) is 0 Å².